The van der Waals surface area contributed by atoms with Gasteiger partial charge in [-0.25, -0.2) is 9.79 Å². The van der Waals surface area contributed by atoms with Gasteiger partial charge in [-0.15, -0.1) is 0 Å². The number of carbonyl (C=O) groups is 2. The van der Waals surface area contributed by atoms with Crippen molar-refractivity contribution in [2.75, 3.05) is 6.79 Å². The molecule has 1 amide bonds. The third-order valence-corrected chi connectivity index (χ3v) is 4.93. The summed E-state index contributed by atoms with van der Waals surface area (Å²) >= 11 is 1.20. The van der Waals surface area contributed by atoms with Crippen LogP contribution in [0.2, 0.25) is 0 Å². The maximum Gasteiger partial charge on any atom is 0.335 e. The highest BCUT2D eigenvalue weighted by molar-refractivity contribution is 8.18. The number of carbonyl (C=O) groups excluding carboxylic acids is 1. The van der Waals surface area contributed by atoms with Crippen molar-refractivity contribution in [3.8, 4) is 11.5 Å². The van der Waals surface area contributed by atoms with Gasteiger partial charge < -0.3 is 19.9 Å². The second kappa shape index (κ2) is 6.81. The summed E-state index contributed by atoms with van der Waals surface area (Å²) in [5, 5.41) is 12.2. The maximum atomic E-state index is 12.2. The Hall–Kier alpha value is -3.26. The molecule has 0 unspecified atom stereocenters. The number of aromatic carboxylic acids is 1. The molecule has 2 aromatic carbocycles. The number of hydrogen-bond donors (Lipinski definition) is 2. The Labute approximate surface area is 158 Å². The lowest BCUT2D eigenvalue weighted by Crippen LogP contribution is -2.19. The molecule has 0 aromatic heterocycles. The van der Waals surface area contributed by atoms with E-state index in [0.717, 1.165) is 11.1 Å². The number of thioether (sulfide) groups is 1. The van der Waals surface area contributed by atoms with Crippen LogP contribution in [0.5, 0.6) is 11.5 Å². The second-order valence-electron chi connectivity index (χ2n) is 5.90. The molecule has 0 aliphatic carbocycles. The van der Waals surface area contributed by atoms with Gasteiger partial charge in [0.25, 0.3) is 5.91 Å². The molecule has 0 spiro atoms. The fraction of sp³-hybridized carbons (Fsp3) is 0.105. The average Bonchev–Trinajstić information content (AvgIpc) is 3.23. The zero-order valence-electron chi connectivity index (χ0n) is 14.2. The number of aliphatic imine (C=N–C) groups is 1. The molecule has 2 aliphatic rings. The number of carboxylic acids is 1. The first-order valence-corrected chi connectivity index (χ1v) is 8.84. The number of benzene rings is 2. The van der Waals surface area contributed by atoms with Gasteiger partial charge in [0.2, 0.25) is 6.79 Å². The van der Waals surface area contributed by atoms with Crippen LogP contribution in [0.3, 0.4) is 0 Å². The minimum Gasteiger partial charge on any atom is -0.478 e. The van der Waals surface area contributed by atoms with Crippen LogP contribution in [0.1, 0.15) is 21.5 Å². The average molecular weight is 382 g/mol. The fourth-order valence-electron chi connectivity index (χ4n) is 2.61. The molecule has 136 valence electrons. The first-order valence-electron chi connectivity index (χ1n) is 8.03. The van der Waals surface area contributed by atoms with Crippen LogP contribution >= 0.6 is 11.8 Å². The summed E-state index contributed by atoms with van der Waals surface area (Å²) in [6, 6.07) is 10.1. The van der Waals surface area contributed by atoms with Crippen LogP contribution in [-0.2, 0) is 4.79 Å². The molecule has 8 heteroatoms. The standard InChI is InChI=1S/C19H14N2O5S/c1-10-2-4-12(18(23)24)8-13(10)20-19-21-17(22)16(27-19)7-11-3-5-14-15(6-11)26-9-25-14/h2-8H,9H2,1H3,(H,23,24)(H,20,21,22). The number of nitrogens with zero attached hydrogens (tertiary/aromatic N) is 1. The monoisotopic (exact) mass is 382 g/mol. The second-order valence-corrected chi connectivity index (χ2v) is 6.93. The van der Waals surface area contributed by atoms with Gasteiger partial charge in [-0.2, -0.15) is 0 Å². The molecule has 2 heterocycles. The van der Waals surface area contributed by atoms with Crippen LogP contribution in [-0.4, -0.2) is 28.9 Å². The van der Waals surface area contributed by atoms with Crippen molar-refractivity contribution in [3.63, 3.8) is 0 Å². The fourth-order valence-corrected chi connectivity index (χ4v) is 3.44. The highest BCUT2D eigenvalue weighted by Gasteiger charge is 2.24. The first-order chi connectivity index (χ1) is 13.0. The Bertz CT molecular complexity index is 1030. The van der Waals surface area contributed by atoms with Crippen molar-refractivity contribution in [2.24, 2.45) is 4.99 Å². The number of nitrogens with one attached hydrogen (secondary N) is 1. The zero-order chi connectivity index (χ0) is 19.0. The van der Waals surface area contributed by atoms with E-state index < -0.39 is 5.97 Å². The third-order valence-electron chi connectivity index (χ3n) is 4.02. The quantitative estimate of drug-likeness (QED) is 0.791. The number of carboxylic acid groups (broad SMARTS) is 1. The van der Waals surface area contributed by atoms with Crippen LogP contribution in [0, 0.1) is 6.92 Å². The smallest absolute Gasteiger partial charge is 0.335 e. The summed E-state index contributed by atoms with van der Waals surface area (Å²) in [6.45, 7) is 2.02. The summed E-state index contributed by atoms with van der Waals surface area (Å²) in [6.07, 6.45) is 1.74. The van der Waals surface area contributed by atoms with Crippen LogP contribution < -0.4 is 14.8 Å². The van der Waals surface area contributed by atoms with Crippen molar-refractivity contribution in [3.05, 3.63) is 58.0 Å². The molecule has 0 radical (unpaired) electrons. The van der Waals surface area contributed by atoms with Crippen molar-refractivity contribution in [1.82, 2.24) is 5.32 Å². The van der Waals surface area contributed by atoms with Gasteiger partial charge in [0.1, 0.15) is 0 Å². The normalized spacial score (nSPS) is 18.2. The number of aryl methyl sites for hydroxylation is 1. The summed E-state index contributed by atoms with van der Waals surface area (Å²) in [7, 11) is 0. The van der Waals surface area contributed by atoms with Gasteiger partial charge >= 0.3 is 5.97 Å². The first kappa shape index (κ1) is 17.2. The van der Waals surface area contributed by atoms with E-state index in [1.165, 1.54) is 23.9 Å². The van der Waals surface area contributed by atoms with E-state index in [2.05, 4.69) is 10.3 Å². The van der Waals surface area contributed by atoms with Gasteiger partial charge in [-0.05, 0) is 60.2 Å². The summed E-state index contributed by atoms with van der Waals surface area (Å²) < 4.78 is 10.6. The maximum absolute atomic E-state index is 12.2. The Morgan fingerprint density at radius 2 is 2.04 bits per heavy atom. The Kier molecular flexibility index (Phi) is 4.33. The van der Waals surface area contributed by atoms with Crippen molar-refractivity contribution >= 4 is 40.6 Å². The van der Waals surface area contributed by atoms with Crippen LogP contribution in [0.4, 0.5) is 5.69 Å². The predicted molar refractivity (Wildman–Crippen MR) is 102 cm³/mol. The van der Waals surface area contributed by atoms with E-state index >= 15 is 0 Å². The molecular formula is C19H14N2O5S. The molecule has 0 atom stereocenters. The number of rotatable bonds is 3. The molecular weight excluding hydrogens is 368 g/mol. The number of amides is 1. The lowest BCUT2D eigenvalue weighted by atomic mass is 10.1. The minimum absolute atomic E-state index is 0.144. The van der Waals surface area contributed by atoms with Crippen molar-refractivity contribution < 1.29 is 24.2 Å². The summed E-state index contributed by atoms with van der Waals surface area (Å²) in [5.41, 5.74) is 2.27. The van der Waals surface area contributed by atoms with Crippen molar-refractivity contribution in [2.45, 2.75) is 6.92 Å². The number of hydrogen-bond acceptors (Lipinski definition) is 6. The van der Waals surface area contributed by atoms with E-state index in [9.17, 15) is 9.59 Å². The molecule has 2 N–H and O–H groups in total. The molecule has 0 bridgehead atoms. The predicted octanol–water partition coefficient (Wildman–Crippen LogP) is 3.31. The Morgan fingerprint density at radius 1 is 1.22 bits per heavy atom. The highest BCUT2D eigenvalue weighted by atomic mass is 32.2. The molecule has 2 aromatic rings. The van der Waals surface area contributed by atoms with Gasteiger partial charge in [0.05, 0.1) is 16.2 Å². The highest BCUT2D eigenvalue weighted by Crippen LogP contribution is 2.35. The zero-order valence-corrected chi connectivity index (χ0v) is 15.0. The molecule has 7 nitrogen and oxygen atoms in total. The van der Waals surface area contributed by atoms with Crippen molar-refractivity contribution in [1.29, 1.82) is 0 Å². The van der Waals surface area contributed by atoms with Crippen LogP contribution in [0.15, 0.2) is 46.3 Å². The third kappa shape index (κ3) is 3.52. The van der Waals surface area contributed by atoms with E-state index in [0.29, 0.717) is 27.3 Å². The molecule has 0 saturated carbocycles. The Balaban J connectivity index is 1.60. The molecule has 1 saturated heterocycles. The van der Waals surface area contributed by atoms with Gasteiger partial charge in [-0.1, -0.05) is 12.1 Å². The summed E-state index contributed by atoms with van der Waals surface area (Å²) in [5.74, 6) is 0.0332. The lowest BCUT2D eigenvalue weighted by molar-refractivity contribution is -0.115. The lowest BCUT2D eigenvalue weighted by Gasteiger charge is -2.03. The molecule has 1 fully saturated rings. The number of ether oxygens (including phenoxy) is 2. The minimum atomic E-state index is -1.03. The topological polar surface area (TPSA) is 97.2 Å². The van der Waals surface area contributed by atoms with Gasteiger partial charge in [0, 0.05) is 0 Å². The largest absolute Gasteiger partial charge is 0.478 e. The Morgan fingerprint density at radius 3 is 2.85 bits per heavy atom. The molecule has 2 aliphatic heterocycles. The van der Waals surface area contributed by atoms with Gasteiger partial charge in [-0.3, -0.25) is 4.79 Å². The number of fused-ring (bicyclic) bond motifs is 1. The summed E-state index contributed by atoms with van der Waals surface area (Å²) in [4.78, 5) is 28.3. The molecule has 4 rings (SSSR count). The number of amidine groups is 1. The SMILES string of the molecule is Cc1ccc(C(=O)O)cc1N=C1NC(=O)C(=Cc2ccc3c(c2)OCO3)S1. The van der Waals surface area contributed by atoms with E-state index in [1.54, 1.807) is 24.3 Å². The van der Waals surface area contributed by atoms with E-state index in [1.807, 2.05) is 13.0 Å². The van der Waals surface area contributed by atoms with E-state index in [4.69, 9.17) is 14.6 Å². The molecule has 27 heavy (non-hydrogen) atoms. The van der Waals surface area contributed by atoms with Crippen LogP contribution in [0.25, 0.3) is 6.08 Å². The van der Waals surface area contributed by atoms with E-state index in [-0.39, 0.29) is 18.3 Å². The van der Waals surface area contributed by atoms with Gasteiger partial charge in [0.15, 0.2) is 16.7 Å².